The highest BCUT2D eigenvalue weighted by molar-refractivity contribution is 5.89. The van der Waals surface area contributed by atoms with Crippen molar-refractivity contribution in [3.8, 4) is 0 Å². The van der Waals surface area contributed by atoms with Crippen LogP contribution in [0.25, 0.3) is 0 Å². The van der Waals surface area contributed by atoms with E-state index in [0.29, 0.717) is 12.0 Å². The second-order valence-corrected chi connectivity index (χ2v) is 6.22. The molecule has 0 spiro atoms. The molecule has 0 bridgehead atoms. The fraction of sp³-hybridized carbons (Fsp3) is 0.706. The topological polar surface area (TPSA) is 29.5 Å². The Morgan fingerprint density at radius 2 is 2.15 bits per heavy atom. The molecule has 20 heavy (non-hydrogen) atoms. The fourth-order valence-corrected chi connectivity index (χ4v) is 2.84. The van der Waals surface area contributed by atoms with Gasteiger partial charge in [-0.1, -0.05) is 18.6 Å². The molecule has 1 aliphatic heterocycles. The maximum atomic E-state index is 11.7. The lowest BCUT2D eigenvalue weighted by atomic mass is 9.94. The first-order chi connectivity index (χ1) is 9.36. The highest BCUT2D eigenvalue weighted by Crippen LogP contribution is 2.32. The van der Waals surface area contributed by atoms with E-state index < -0.39 is 0 Å². The molecule has 0 amide bonds. The minimum absolute atomic E-state index is 0.172. The van der Waals surface area contributed by atoms with Crippen LogP contribution in [-0.4, -0.2) is 31.1 Å². The molecule has 2 atom stereocenters. The van der Waals surface area contributed by atoms with Gasteiger partial charge in [-0.2, -0.15) is 0 Å². The summed E-state index contributed by atoms with van der Waals surface area (Å²) in [5.41, 5.74) is 3.30. The maximum absolute atomic E-state index is 11.7. The van der Waals surface area contributed by atoms with Gasteiger partial charge in [0.05, 0.1) is 12.7 Å². The summed E-state index contributed by atoms with van der Waals surface area (Å²) in [5, 5.41) is 0. The Kier molecular flexibility index (Phi) is 6.31. The van der Waals surface area contributed by atoms with Crippen LogP contribution in [0.4, 0.5) is 0 Å². The highest BCUT2D eigenvalue weighted by atomic mass is 16.5. The standard InChI is InChI=1S/C17H29NO2/c1-12(2)8-7-9-13(3)10-15-11-16(17(19)20-6)14(4)18(15)5/h8,13,15H,7,9-11H2,1-6H3. The Labute approximate surface area is 123 Å². The van der Waals surface area contributed by atoms with E-state index in [1.165, 1.54) is 19.1 Å². The molecular formula is C17H29NO2. The SMILES string of the molecule is COC(=O)C1=C(C)N(C)C(CC(C)CCC=C(C)C)C1. The van der Waals surface area contributed by atoms with Crippen molar-refractivity contribution in [1.82, 2.24) is 4.90 Å². The Morgan fingerprint density at radius 1 is 1.50 bits per heavy atom. The zero-order valence-corrected chi connectivity index (χ0v) is 13.8. The first-order valence-corrected chi connectivity index (χ1v) is 7.51. The summed E-state index contributed by atoms with van der Waals surface area (Å²) < 4.78 is 4.87. The molecular weight excluding hydrogens is 250 g/mol. The molecule has 0 saturated heterocycles. The van der Waals surface area contributed by atoms with Crippen LogP contribution in [0.3, 0.4) is 0 Å². The molecule has 3 nitrogen and oxygen atoms in total. The summed E-state index contributed by atoms with van der Waals surface area (Å²) >= 11 is 0. The second-order valence-electron chi connectivity index (χ2n) is 6.22. The van der Waals surface area contributed by atoms with Crippen LogP contribution in [-0.2, 0) is 9.53 Å². The zero-order valence-electron chi connectivity index (χ0n) is 13.8. The molecule has 114 valence electrons. The Morgan fingerprint density at radius 3 is 2.70 bits per heavy atom. The summed E-state index contributed by atoms with van der Waals surface area (Å²) in [5.74, 6) is 0.497. The van der Waals surface area contributed by atoms with Gasteiger partial charge in [0.15, 0.2) is 0 Å². The van der Waals surface area contributed by atoms with Crippen LogP contribution in [0.15, 0.2) is 22.9 Å². The van der Waals surface area contributed by atoms with E-state index in [2.05, 4.69) is 38.8 Å². The average molecular weight is 279 g/mol. The molecule has 0 aromatic rings. The van der Waals surface area contributed by atoms with E-state index in [0.717, 1.165) is 30.5 Å². The van der Waals surface area contributed by atoms with Crippen LogP contribution >= 0.6 is 0 Å². The van der Waals surface area contributed by atoms with Gasteiger partial charge in [0.25, 0.3) is 0 Å². The third-order valence-corrected chi connectivity index (χ3v) is 4.27. The van der Waals surface area contributed by atoms with Crippen molar-refractivity contribution in [2.24, 2.45) is 5.92 Å². The highest BCUT2D eigenvalue weighted by Gasteiger charge is 2.31. The normalized spacial score (nSPS) is 20.1. The molecule has 0 fully saturated rings. The molecule has 0 radical (unpaired) electrons. The van der Waals surface area contributed by atoms with Gasteiger partial charge in [0.1, 0.15) is 0 Å². The van der Waals surface area contributed by atoms with Gasteiger partial charge in [-0.3, -0.25) is 0 Å². The van der Waals surface area contributed by atoms with E-state index in [1.807, 2.05) is 6.92 Å². The minimum Gasteiger partial charge on any atom is -0.466 e. The third-order valence-electron chi connectivity index (χ3n) is 4.27. The monoisotopic (exact) mass is 279 g/mol. The first kappa shape index (κ1) is 16.8. The minimum atomic E-state index is -0.172. The number of esters is 1. The lowest BCUT2D eigenvalue weighted by molar-refractivity contribution is -0.136. The number of rotatable bonds is 6. The molecule has 0 aromatic carbocycles. The Hall–Kier alpha value is -1.25. The van der Waals surface area contributed by atoms with E-state index in [1.54, 1.807) is 0 Å². The van der Waals surface area contributed by atoms with Crippen molar-refractivity contribution < 1.29 is 9.53 Å². The summed E-state index contributed by atoms with van der Waals surface area (Å²) in [6.45, 7) is 8.61. The van der Waals surface area contributed by atoms with E-state index in [-0.39, 0.29) is 5.97 Å². The second kappa shape index (κ2) is 7.51. The molecule has 3 heteroatoms. The van der Waals surface area contributed by atoms with Gasteiger partial charge >= 0.3 is 5.97 Å². The molecule has 0 N–H and O–H groups in total. The van der Waals surface area contributed by atoms with Gasteiger partial charge in [0, 0.05) is 25.2 Å². The number of nitrogens with zero attached hydrogens (tertiary/aromatic N) is 1. The number of hydrogen-bond donors (Lipinski definition) is 0. The molecule has 1 rings (SSSR count). The van der Waals surface area contributed by atoms with Crippen LogP contribution < -0.4 is 0 Å². The largest absolute Gasteiger partial charge is 0.466 e. The van der Waals surface area contributed by atoms with Crippen molar-refractivity contribution in [1.29, 1.82) is 0 Å². The van der Waals surface area contributed by atoms with Gasteiger partial charge < -0.3 is 9.64 Å². The summed E-state index contributed by atoms with van der Waals surface area (Å²) in [6, 6.07) is 0.436. The molecule has 0 saturated carbocycles. The fourth-order valence-electron chi connectivity index (χ4n) is 2.84. The van der Waals surface area contributed by atoms with Crippen molar-refractivity contribution in [3.05, 3.63) is 22.9 Å². The lowest BCUT2D eigenvalue weighted by Gasteiger charge is -2.26. The number of methoxy groups -OCH3 is 1. The maximum Gasteiger partial charge on any atom is 0.335 e. The third kappa shape index (κ3) is 4.39. The van der Waals surface area contributed by atoms with Gasteiger partial charge in [0.2, 0.25) is 0 Å². The lowest BCUT2D eigenvalue weighted by Crippen LogP contribution is -2.26. The van der Waals surface area contributed by atoms with Crippen molar-refractivity contribution in [2.75, 3.05) is 14.2 Å². The molecule has 0 aromatic heterocycles. The molecule has 2 unspecified atom stereocenters. The smallest absolute Gasteiger partial charge is 0.335 e. The molecule has 0 aliphatic carbocycles. The predicted octanol–water partition coefficient (Wildman–Crippen LogP) is 3.91. The number of hydrogen-bond acceptors (Lipinski definition) is 3. The van der Waals surface area contributed by atoms with Crippen molar-refractivity contribution >= 4 is 5.97 Å². The molecule has 1 aliphatic rings. The molecule has 1 heterocycles. The number of carbonyl (C=O) groups excluding carboxylic acids is 1. The first-order valence-electron chi connectivity index (χ1n) is 7.51. The summed E-state index contributed by atoms with van der Waals surface area (Å²) in [7, 11) is 3.54. The van der Waals surface area contributed by atoms with E-state index >= 15 is 0 Å². The van der Waals surface area contributed by atoms with Gasteiger partial charge in [-0.25, -0.2) is 4.79 Å². The number of carbonyl (C=O) groups is 1. The summed E-state index contributed by atoms with van der Waals surface area (Å²) in [4.78, 5) is 14.0. The number of allylic oxidation sites excluding steroid dienone is 3. The van der Waals surface area contributed by atoms with Crippen molar-refractivity contribution in [3.63, 3.8) is 0 Å². The zero-order chi connectivity index (χ0) is 15.3. The van der Waals surface area contributed by atoms with Crippen molar-refractivity contribution in [2.45, 2.75) is 59.4 Å². The predicted molar refractivity (Wildman–Crippen MR) is 83.3 cm³/mol. The number of ether oxygens (including phenoxy) is 1. The van der Waals surface area contributed by atoms with Gasteiger partial charge in [-0.15, -0.1) is 0 Å². The van der Waals surface area contributed by atoms with Crippen LogP contribution in [0, 0.1) is 5.92 Å². The van der Waals surface area contributed by atoms with Gasteiger partial charge in [-0.05, 0) is 46.0 Å². The quantitative estimate of drug-likeness (QED) is 0.545. The Balaban J connectivity index is 2.51. The summed E-state index contributed by atoms with van der Waals surface area (Å²) in [6.07, 6.45) is 6.61. The van der Waals surface area contributed by atoms with Crippen LogP contribution in [0.2, 0.25) is 0 Å². The van der Waals surface area contributed by atoms with E-state index in [4.69, 9.17) is 4.74 Å². The van der Waals surface area contributed by atoms with Crippen LogP contribution in [0.5, 0.6) is 0 Å². The van der Waals surface area contributed by atoms with Crippen LogP contribution in [0.1, 0.15) is 53.4 Å². The van der Waals surface area contributed by atoms with E-state index in [9.17, 15) is 4.79 Å². The Bertz CT molecular complexity index is 405. The average Bonchev–Trinajstić information content (AvgIpc) is 2.66.